The summed E-state index contributed by atoms with van der Waals surface area (Å²) in [5, 5.41) is 3.10. The van der Waals surface area contributed by atoms with E-state index in [1.54, 1.807) is 0 Å². The van der Waals surface area contributed by atoms with Crippen LogP contribution in [-0.4, -0.2) is 15.5 Å². The minimum Gasteiger partial charge on any atom is -0.346 e. The number of nitrogens with one attached hydrogen (secondary N) is 1. The molecule has 2 aromatic carbocycles. The Hall–Kier alpha value is -2.62. The number of imidazole rings is 1. The van der Waals surface area contributed by atoms with Gasteiger partial charge in [-0.2, -0.15) is 0 Å². The number of carbonyl (C=O) groups excluding carboxylic acids is 1. The van der Waals surface area contributed by atoms with E-state index in [0.29, 0.717) is 6.42 Å². The Kier molecular flexibility index (Phi) is 4.88. The highest BCUT2D eigenvalue weighted by Crippen LogP contribution is 2.21. The molecule has 0 bridgehead atoms. The van der Waals surface area contributed by atoms with Crippen LogP contribution in [0.4, 0.5) is 0 Å². The topological polar surface area (TPSA) is 46.9 Å². The molecule has 0 aliphatic heterocycles. The van der Waals surface area contributed by atoms with Crippen molar-refractivity contribution < 1.29 is 4.79 Å². The first kappa shape index (κ1) is 17.2. The summed E-state index contributed by atoms with van der Waals surface area (Å²) in [6.45, 7) is 9.01. The first-order valence-corrected chi connectivity index (χ1v) is 8.80. The van der Waals surface area contributed by atoms with Gasteiger partial charge in [-0.15, -0.1) is 0 Å². The van der Waals surface area contributed by atoms with Crippen molar-refractivity contribution in [1.82, 2.24) is 14.9 Å². The van der Waals surface area contributed by atoms with Crippen LogP contribution in [0.2, 0.25) is 0 Å². The van der Waals surface area contributed by atoms with Crippen LogP contribution in [0.15, 0.2) is 42.5 Å². The summed E-state index contributed by atoms with van der Waals surface area (Å²) in [4.78, 5) is 17.2. The van der Waals surface area contributed by atoms with Crippen LogP contribution < -0.4 is 5.32 Å². The summed E-state index contributed by atoms with van der Waals surface area (Å²) < 4.78 is 2.16. The molecule has 0 spiro atoms. The molecule has 0 fully saturated rings. The Balaban J connectivity index is 1.79. The minimum atomic E-state index is -0.134. The normalized spacial score (nSPS) is 12.3. The Morgan fingerprint density at radius 3 is 2.72 bits per heavy atom. The van der Waals surface area contributed by atoms with E-state index in [0.717, 1.165) is 34.5 Å². The van der Waals surface area contributed by atoms with Gasteiger partial charge in [0.15, 0.2) is 0 Å². The van der Waals surface area contributed by atoms with Crippen molar-refractivity contribution in [1.29, 1.82) is 0 Å². The molecule has 1 unspecified atom stereocenters. The predicted octanol–water partition coefficient (Wildman–Crippen LogP) is 4.09. The third-order valence-corrected chi connectivity index (χ3v) is 4.62. The molecular weight excluding hydrogens is 310 g/mol. The number of para-hydroxylation sites is 2. The van der Waals surface area contributed by atoms with E-state index in [9.17, 15) is 4.79 Å². The zero-order valence-electron chi connectivity index (χ0n) is 15.3. The van der Waals surface area contributed by atoms with Crippen molar-refractivity contribution in [3.63, 3.8) is 0 Å². The van der Waals surface area contributed by atoms with E-state index in [4.69, 9.17) is 4.98 Å². The van der Waals surface area contributed by atoms with Gasteiger partial charge in [0.05, 0.1) is 23.5 Å². The van der Waals surface area contributed by atoms with Gasteiger partial charge < -0.3 is 9.88 Å². The zero-order valence-corrected chi connectivity index (χ0v) is 15.3. The third-order valence-electron chi connectivity index (χ3n) is 4.62. The summed E-state index contributed by atoms with van der Waals surface area (Å²) in [6.07, 6.45) is 0.393. The highest BCUT2D eigenvalue weighted by molar-refractivity contribution is 5.80. The minimum absolute atomic E-state index is 0.0240. The van der Waals surface area contributed by atoms with Gasteiger partial charge in [-0.1, -0.05) is 35.9 Å². The van der Waals surface area contributed by atoms with Crippen molar-refractivity contribution in [2.24, 2.45) is 0 Å². The number of hydrogen-bond donors (Lipinski definition) is 1. The second kappa shape index (κ2) is 7.09. The molecule has 0 radical (unpaired) electrons. The fraction of sp³-hybridized carbons (Fsp3) is 0.333. The number of carbonyl (C=O) groups is 1. The average Bonchev–Trinajstić information content (AvgIpc) is 2.96. The summed E-state index contributed by atoms with van der Waals surface area (Å²) in [5.41, 5.74) is 5.47. The first-order chi connectivity index (χ1) is 12.0. The molecule has 1 N–H and O–H groups in total. The maximum absolute atomic E-state index is 12.5. The molecule has 1 aromatic heterocycles. The third kappa shape index (κ3) is 3.58. The fourth-order valence-electron chi connectivity index (χ4n) is 3.28. The number of aromatic nitrogens is 2. The Bertz CT molecular complexity index is 911. The Morgan fingerprint density at radius 2 is 1.96 bits per heavy atom. The van der Waals surface area contributed by atoms with Crippen molar-refractivity contribution in [2.75, 3.05) is 0 Å². The summed E-state index contributed by atoms with van der Waals surface area (Å²) in [5.74, 6) is 0.925. The lowest BCUT2D eigenvalue weighted by molar-refractivity contribution is -0.121. The van der Waals surface area contributed by atoms with Crippen LogP contribution in [0.1, 0.15) is 42.4 Å². The van der Waals surface area contributed by atoms with Crippen molar-refractivity contribution in [2.45, 2.75) is 46.7 Å². The van der Waals surface area contributed by atoms with Gasteiger partial charge in [0.2, 0.25) is 5.91 Å². The number of hydrogen-bond acceptors (Lipinski definition) is 2. The predicted molar refractivity (Wildman–Crippen MR) is 102 cm³/mol. The van der Waals surface area contributed by atoms with Gasteiger partial charge in [-0.3, -0.25) is 4.79 Å². The van der Waals surface area contributed by atoms with Crippen LogP contribution >= 0.6 is 0 Å². The molecule has 1 atom stereocenters. The van der Waals surface area contributed by atoms with E-state index >= 15 is 0 Å². The average molecular weight is 335 g/mol. The van der Waals surface area contributed by atoms with Crippen LogP contribution in [0.5, 0.6) is 0 Å². The molecule has 0 aliphatic carbocycles. The highest BCUT2D eigenvalue weighted by atomic mass is 16.1. The first-order valence-electron chi connectivity index (χ1n) is 8.80. The Morgan fingerprint density at radius 1 is 1.20 bits per heavy atom. The van der Waals surface area contributed by atoms with Crippen LogP contribution in [-0.2, 0) is 17.8 Å². The van der Waals surface area contributed by atoms with Crippen molar-refractivity contribution >= 4 is 16.9 Å². The second-order valence-corrected chi connectivity index (χ2v) is 6.60. The second-order valence-electron chi connectivity index (χ2n) is 6.60. The van der Waals surface area contributed by atoms with Crippen molar-refractivity contribution in [3.05, 3.63) is 65.0 Å². The number of benzene rings is 2. The SMILES string of the molecule is CCn1c(C(C)NC(=O)Cc2cc(C)ccc2C)nc2ccccc21. The molecule has 1 amide bonds. The highest BCUT2D eigenvalue weighted by Gasteiger charge is 2.18. The van der Waals surface area contributed by atoms with Gasteiger partial charge in [-0.25, -0.2) is 4.98 Å². The number of nitrogens with zero attached hydrogens (tertiary/aromatic N) is 2. The lowest BCUT2D eigenvalue weighted by Gasteiger charge is -2.16. The van der Waals surface area contributed by atoms with Gasteiger partial charge in [0.1, 0.15) is 5.82 Å². The molecule has 4 heteroatoms. The van der Waals surface area contributed by atoms with E-state index in [1.807, 2.05) is 39.0 Å². The molecule has 3 rings (SSSR count). The smallest absolute Gasteiger partial charge is 0.225 e. The fourth-order valence-corrected chi connectivity index (χ4v) is 3.28. The lowest BCUT2D eigenvalue weighted by Crippen LogP contribution is -2.30. The summed E-state index contributed by atoms with van der Waals surface area (Å²) in [7, 11) is 0. The van der Waals surface area contributed by atoms with E-state index in [-0.39, 0.29) is 11.9 Å². The number of amides is 1. The van der Waals surface area contributed by atoms with Gasteiger partial charge in [0, 0.05) is 6.54 Å². The summed E-state index contributed by atoms with van der Waals surface area (Å²) in [6, 6.07) is 14.2. The largest absolute Gasteiger partial charge is 0.346 e. The summed E-state index contributed by atoms with van der Waals surface area (Å²) >= 11 is 0. The molecule has 0 saturated carbocycles. The van der Waals surface area contributed by atoms with E-state index < -0.39 is 0 Å². The van der Waals surface area contributed by atoms with Crippen molar-refractivity contribution in [3.8, 4) is 0 Å². The monoisotopic (exact) mass is 335 g/mol. The number of rotatable bonds is 5. The van der Waals surface area contributed by atoms with Gasteiger partial charge in [-0.05, 0) is 51.0 Å². The molecule has 0 aliphatic rings. The molecule has 1 heterocycles. The molecule has 4 nitrogen and oxygen atoms in total. The molecule has 25 heavy (non-hydrogen) atoms. The van der Waals surface area contributed by atoms with Crippen LogP contribution in [0.3, 0.4) is 0 Å². The zero-order chi connectivity index (χ0) is 18.0. The van der Waals surface area contributed by atoms with E-state index in [2.05, 4.69) is 41.1 Å². The Labute approximate surface area is 148 Å². The van der Waals surface area contributed by atoms with Crippen LogP contribution in [0, 0.1) is 13.8 Å². The maximum Gasteiger partial charge on any atom is 0.225 e. The van der Waals surface area contributed by atoms with Gasteiger partial charge >= 0.3 is 0 Å². The number of fused-ring (bicyclic) bond motifs is 1. The van der Waals surface area contributed by atoms with Gasteiger partial charge in [0.25, 0.3) is 0 Å². The maximum atomic E-state index is 12.5. The molecule has 130 valence electrons. The molecular formula is C21H25N3O. The standard InChI is InChI=1S/C21H25N3O/c1-5-24-19-9-7-6-8-18(19)23-21(24)16(4)22-20(25)13-17-12-14(2)10-11-15(17)3/h6-12,16H,5,13H2,1-4H3,(H,22,25). The lowest BCUT2D eigenvalue weighted by atomic mass is 10.0. The molecule has 0 saturated heterocycles. The van der Waals surface area contributed by atoms with E-state index in [1.165, 1.54) is 5.56 Å². The van der Waals surface area contributed by atoms with Crippen LogP contribution in [0.25, 0.3) is 11.0 Å². The quantitative estimate of drug-likeness (QED) is 0.763. The molecule has 3 aromatic rings. The number of aryl methyl sites for hydroxylation is 3.